The van der Waals surface area contributed by atoms with Gasteiger partial charge in [-0.2, -0.15) is 0 Å². The van der Waals surface area contributed by atoms with E-state index in [2.05, 4.69) is 11.4 Å². The van der Waals surface area contributed by atoms with Crippen LogP contribution in [0.15, 0.2) is 24.3 Å². The van der Waals surface area contributed by atoms with E-state index in [0.717, 1.165) is 12.0 Å². The molecular formula is C15H22N2O3. The van der Waals surface area contributed by atoms with Gasteiger partial charge in [0.15, 0.2) is 0 Å². The molecule has 0 bridgehead atoms. The number of hydrogen-bond acceptors (Lipinski definition) is 2. The first-order valence-corrected chi connectivity index (χ1v) is 6.74. The van der Waals surface area contributed by atoms with E-state index in [0.29, 0.717) is 13.0 Å². The highest BCUT2D eigenvalue weighted by atomic mass is 16.4. The molecule has 1 atom stereocenters. The summed E-state index contributed by atoms with van der Waals surface area (Å²) in [6, 6.07) is 6.95. The lowest BCUT2D eigenvalue weighted by Gasteiger charge is -2.24. The van der Waals surface area contributed by atoms with Crippen LogP contribution >= 0.6 is 0 Å². The minimum absolute atomic E-state index is 0.355. The fourth-order valence-corrected chi connectivity index (χ4v) is 2.06. The first-order valence-electron chi connectivity index (χ1n) is 6.74. The summed E-state index contributed by atoms with van der Waals surface area (Å²) in [5.74, 6) is -0.983. The average Bonchev–Trinajstić information content (AvgIpc) is 2.38. The van der Waals surface area contributed by atoms with Gasteiger partial charge in [-0.25, -0.2) is 9.59 Å². The van der Waals surface area contributed by atoms with Crippen molar-refractivity contribution >= 4 is 12.0 Å². The molecule has 5 nitrogen and oxygen atoms in total. The number of carbonyl (C=O) groups is 2. The Balaban J connectivity index is 2.45. The molecule has 0 radical (unpaired) electrons. The number of aliphatic carboxylic acids is 1. The lowest BCUT2D eigenvalue weighted by Crippen LogP contribution is -2.47. The summed E-state index contributed by atoms with van der Waals surface area (Å²) in [6.45, 7) is 4.26. The second kappa shape index (κ2) is 7.53. The van der Waals surface area contributed by atoms with E-state index in [1.807, 2.05) is 25.1 Å². The highest BCUT2D eigenvalue weighted by molar-refractivity contribution is 5.82. The molecule has 5 heteroatoms. The van der Waals surface area contributed by atoms with Gasteiger partial charge in [-0.3, -0.25) is 0 Å². The third-order valence-electron chi connectivity index (χ3n) is 3.23. The number of carboxylic acids is 1. The van der Waals surface area contributed by atoms with E-state index < -0.39 is 12.0 Å². The zero-order valence-corrected chi connectivity index (χ0v) is 12.2. The molecule has 2 N–H and O–H groups in total. The first kappa shape index (κ1) is 16.0. The average molecular weight is 278 g/mol. The van der Waals surface area contributed by atoms with Crippen LogP contribution in [0, 0.1) is 6.92 Å². The summed E-state index contributed by atoms with van der Waals surface area (Å²) in [5, 5.41) is 11.7. The molecule has 110 valence electrons. The van der Waals surface area contributed by atoms with Crippen LogP contribution in [0.5, 0.6) is 0 Å². The predicted molar refractivity (Wildman–Crippen MR) is 77.8 cm³/mol. The van der Waals surface area contributed by atoms with Crippen LogP contribution in [0.25, 0.3) is 0 Å². The highest BCUT2D eigenvalue weighted by Gasteiger charge is 2.24. The number of amides is 2. The van der Waals surface area contributed by atoms with E-state index in [-0.39, 0.29) is 6.03 Å². The van der Waals surface area contributed by atoms with Gasteiger partial charge >= 0.3 is 12.0 Å². The van der Waals surface area contributed by atoms with E-state index in [1.165, 1.54) is 17.5 Å². The van der Waals surface area contributed by atoms with Crippen molar-refractivity contribution < 1.29 is 14.7 Å². The molecule has 0 saturated carbocycles. The summed E-state index contributed by atoms with van der Waals surface area (Å²) >= 11 is 0. The SMILES string of the molecule is CCC(C(=O)O)N(C)C(=O)NCCc1cccc(C)c1. The van der Waals surface area contributed by atoms with Crippen LogP contribution in [0.4, 0.5) is 4.79 Å². The Hall–Kier alpha value is -2.04. The van der Waals surface area contributed by atoms with Crippen molar-refractivity contribution in [3.05, 3.63) is 35.4 Å². The summed E-state index contributed by atoms with van der Waals surface area (Å²) < 4.78 is 0. The number of aryl methyl sites for hydroxylation is 1. The van der Waals surface area contributed by atoms with Crippen LogP contribution in [-0.4, -0.2) is 41.6 Å². The molecule has 0 aliphatic carbocycles. The zero-order valence-electron chi connectivity index (χ0n) is 12.2. The van der Waals surface area contributed by atoms with Crippen molar-refractivity contribution in [3.63, 3.8) is 0 Å². The Morgan fingerprint density at radius 1 is 1.40 bits per heavy atom. The van der Waals surface area contributed by atoms with Gasteiger partial charge in [0.25, 0.3) is 0 Å². The molecule has 0 heterocycles. The molecular weight excluding hydrogens is 256 g/mol. The molecule has 0 fully saturated rings. The summed E-state index contributed by atoms with van der Waals surface area (Å²) in [7, 11) is 1.50. The number of rotatable bonds is 6. The van der Waals surface area contributed by atoms with E-state index >= 15 is 0 Å². The van der Waals surface area contributed by atoms with Crippen LogP contribution in [0.3, 0.4) is 0 Å². The van der Waals surface area contributed by atoms with E-state index in [4.69, 9.17) is 5.11 Å². The van der Waals surface area contributed by atoms with Crippen LogP contribution in [0.2, 0.25) is 0 Å². The van der Waals surface area contributed by atoms with Gasteiger partial charge < -0.3 is 15.3 Å². The number of carbonyl (C=O) groups excluding carboxylic acids is 1. The van der Waals surface area contributed by atoms with Crippen LogP contribution < -0.4 is 5.32 Å². The zero-order chi connectivity index (χ0) is 15.1. The number of benzene rings is 1. The second-order valence-electron chi connectivity index (χ2n) is 4.84. The molecule has 1 unspecified atom stereocenters. The fourth-order valence-electron chi connectivity index (χ4n) is 2.06. The smallest absolute Gasteiger partial charge is 0.326 e. The van der Waals surface area contributed by atoms with Crippen molar-refractivity contribution in [1.82, 2.24) is 10.2 Å². The van der Waals surface area contributed by atoms with Gasteiger partial charge in [0, 0.05) is 13.6 Å². The van der Waals surface area contributed by atoms with Gasteiger partial charge in [-0.05, 0) is 25.3 Å². The maximum absolute atomic E-state index is 11.9. The van der Waals surface area contributed by atoms with Crippen molar-refractivity contribution in [1.29, 1.82) is 0 Å². The Labute approximate surface area is 119 Å². The third-order valence-corrected chi connectivity index (χ3v) is 3.23. The van der Waals surface area contributed by atoms with Crippen molar-refractivity contribution in [2.24, 2.45) is 0 Å². The Morgan fingerprint density at radius 3 is 2.65 bits per heavy atom. The van der Waals surface area contributed by atoms with E-state index in [9.17, 15) is 9.59 Å². The second-order valence-corrected chi connectivity index (χ2v) is 4.84. The lowest BCUT2D eigenvalue weighted by molar-refractivity contribution is -0.141. The molecule has 1 aromatic carbocycles. The number of carboxylic acid groups (broad SMARTS) is 1. The largest absolute Gasteiger partial charge is 0.480 e. The standard InChI is InChI=1S/C15H22N2O3/c1-4-13(14(18)19)17(3)15(20)16-9-8-12-7-5-6-11(2)10-12/h5-7,10,13H,4,8-9H2,1-3H3,(H,16,20)(H,18,19). The van der Waals surface area contributed by atoms with Crippen LogP contribution in [0.1, 0.15) is 24.5 Å². The van der Waals surface area contributed by atoms with Crippen molar-refractivity contribution in [2.45, 2.75) is 32.7 Å². The number of likely N-dealkylation sites (N-methyl/N-ethyl adjacent to an activating group) is 1. The highest BCUT2D eigenvalue weighted by Crippen LogP contribution is 2.05. The van der Waals surface area contributed by atoms with Crippen LogP contribution in [-0.2, 0) is 11.2 Å². The third kappa shape index (κ3) is 4.57. The maximum atomic E-state index is 11.9. The minimum atomic E-state index is -0.983. The number of nitrogens with one attached hydrogen (secondary N) is 1. The quantitative estimate of drug-likeness (QED) is 0.836. The topological polar surface area (TPSA) is 69.6 Å². The van der Waals surface area contributed by atoms with Gasteiger partial charge in [0.1, 0.15) is 6.04 Å². The Bertz CT molecular complexity index is 474. The Kier molecular flexibility index (Phi) is 6.03. The molecule has 20 heavy (non-hydrogen) atoms. The molecule has 1 rings (SSSR count). The van der Waals surface area contributed by atoms with Gasteiger partial charge in [0.05, 0.1) is 0 Å². The summed E-state index contributed by atoms with van der Waals surface area (Å²) in [6.07, 6.45) is 1.11. The predicted octanol–water partition coefficient (Wildman–Crippen LogP) is 2.04. The monoisotopic (exact) mass is 278 g/mol. The lowest BCUT2D eigenvalue weighted by atomic mass is 10.1. The maximum Gasteiger partial charge on any atom is 0.326 e. The summed E-state index contributed by atoms with van der Waals surface area (Å²) in [5.41, 5.74) is 2.33. The van der Waals surface area contributed by atoms with E-state index in [1.54, 1.807) is 6.92 Å². The van der Waals surface area contributed by atoms with Gasteiger partial charge in [-0.15, -0.1) is 0 Å². The molecule has 2 amide bonds. The number of urea groups is 1. The molecule has 0 aromatic heterocycles. The molecule has 0 aliphatic heterocycles. The normalized spacial score (nSPS) is 11.8. The first-order chi connectivity index (χ1) is 9.45. The fraction of sp³-hybridized carbons (Fsp3) is 0.467. The number of hydrogen-bond donors (Lipinski definition) is 2. The molecule has 0 aliphatic rings. The minimum Gasteiger partial charge on any atom is -0.480 e. The molecule has 0 spiro atoms. The number of nitrogens with zero attached hydrogens (tertiary/aromatic N) is 1. The Morgan fingerprint density at radius 2 is 2.10 bits per heavy atom. The van der Waals surface area contributed by atoms with Gasteiger partial charge in [0.2, 0.25) is 0 Å². The summed E-state index contributed by atoms with van der Waals surface area (Å²) in [4.78, 5) is 24.1. The van der Waals surface area contributed by atoms with Gasteiger partial charge in [-0.1, -0.05) is 36.8 Å². The molecule has 1 aromatic rings. The van der Waals surface area contributed by atoms with Crippen molar-refractivity contribution in [3.8, 4) is 0 Å². The molecule has 0 saturated heterocycles. The van der Waals surface area contributed by atoms with Crippen molar-refractivity contribution in [2.75, 3.05) is 13.6 Å².